The number of alkyl halides is 3. The molecule has 0 unspecified atom stereocenters. The van der Waals surface area contributed by atoms with Crippen LogP contribution >= 0.6 is 12.2 Å². The second-order valence-electron chi connectivity index (χ2n) is 5.85. The molecule has 9 heteroatoms. The molecule has 0 spiro atoms. The van der Waals surface area contributed by atoms with Gasteiger partial charge in [0.1, 0.15) is 5.82 Å². The zero-order valence-electron chi connectivity index (χ0n) is 13.8. The van der Waals surface area contributed by atoms with Crippen LogP contribution in [0.1, 0.15) is 45.2 Å². The van der Waals surface area contributed by atoms with Crippen LogP contribution in [-0.4, -0.2) is 34.2 Å². The molecule has 1 aromatic rings. The maximum absolute atomic E-state index is 13.2. The minimum atomic E-state index is -4.54. The topological polar surface area (TPSA) is 53.1 Å². The van der Waals surface area contributed by atoms with Crippen LogP contribution in [0.25, 0.3) is 0 Å². The van der Waals surface area contributed by atoms with Gasteiger partial charge in [-0.3, -0.25) is 0 Å². The lowest BCUT2D eigenvalue weighted by atomic mass is 10.0. The van der Waals surface area contributed by atoms with Gasteiger partial charge in [-0.1, -0.05) is 6.92 Å². The number of aromatic nitrogens is 2. The Kier molecular flexibility index (Phi) is 6.20. The Morgan fingerprint density at radius 1 is 1.38 bits per heavy atom. The van der Waals surface area contributed by atoms with Crippen LogP contribution < -0.4 is 15.5 Å². The molecular weight excluding hydrogens is 339 g/mol. The fraction of sp³-hybridized carbons (Fsp3) is 0.667. The quantitative estimate of drug-likeness (QED) is 0.800. The molecule has 2 rings (SSSR count). The lowest BCUT2D eigenvalue weighted by molar-refractivity contribution is -0.141. The zero-order valence-corrected chi connectivity index (χ0v) is 14.6. The highest BCUT2D eigenvalue weighted by Gasteiger charge is 2.35. The first-order valence-electron chi connectivity index (χ1n) is 8.09. The number of nitrogens with zero attached hydrogens (tertiary/aromatic N) is 3. The molecule has 0 aromatic carbocycles. The first kappa shape index (κ1) is 18.7. The first-order chi connectivity index (χ1) is 11.3. The highest BCUT2D eigenvalue weighted by molar-refractivity contribution is 7.80. The lowest BCUT2D eigenvalue weighted by Gasteiger charge is -2.34. The Bertz CT molecular complexity index is 579. The van der Waals surface area contributed by atoms with Crippen LogP contribution in [0.4, 0.5) is 24.9 Å². The van der Waals surface area contributed by atoms with Crippen LogP contribution in [0.15, 0.2) is 6.07 Å². The summed E-state index contributed by atoms with van der Waals surface area (Å²) >= 11 is 5.06. The average molecular weight is 361 g/mol. The van der Waals surface area contributed by atoms with E-state index in [0.717, 1.165) is 31.7 Å². The van der Waals surface area contributed by atoms with Gasteiger partial charge in [-0.2, -0.15) is 18.2 Å². The molecule has 0 aliphatic carbocycles. The normalized spacial score (nSPS) is 18.4. The van der Waals surface area contributed by atoms with Crippen molar-refractivity contribution in [2.75, 3.05) is 23.3 Å². The Labute approximate surface area is 145 Å². The van der Waals surface area contributed by atoms with E-state index < -0.39 is 11.9 Å². The Morgan fingerprint density at radius 3 is 2.75 bits per heavy atom. The summed E-state index contributed by atoms with van der Waals surface area (Å²) in [5.41, 5.74) is -0.967. The third kappa shape index (κ3) is 4.93. The van der Waals surface area contributed by atoms with Gasteiger partial charge in [0, 0.05) is 25.2 Å². The van der Waals surface area contributed by atoms with Gasteiger partial charge >= 0.3 is 6.18 Å². The number of piperidine rings is 1. The van der Waals surface area contributed by atoms with E-state index in [9.17, 15) is 13.2 Å². The summed E-state index contributed by atoms with van der Waals surface area (Å²) in [4.78, 5) is 9.71. The number of hydrogen-bond donors (Lipinski definition) is 2. The van der Waals surface area contributed by atoms with E-state index in [1.165, 1.54) is 0 Å². The lowest BCUT2D eigenvalue weighted by Crippen LogP contribution is -2.38. The van der Waals surface area contributed by atoms with Crippen molar-refractivity contribution in [1.82, 2.24) is 15.3 Å². The molecule has 1 aromatic heterocycles. The molecule has 2 heterocycles. The predicted molar refractivity (Wildman–Crippen MR) is 92.2 cm³/mol. The van der Waals surface area contributed by atoms with Crippen molar-refractivity contribution in [3.63, 3.8) is 0 Å². The largest absolute Gasteiger partial charge is 0.433 e. The maximum atomic E-state index is 13.2. The number of anilines is 2. The van der Waals surface area contributed by atoms with Gasteiger partial charge in [-0.25, -0.2) is 4.98 Å². The van der Waals surface area contributed by atoms with E-state index in [2.05, 4.69) is 20.6 Å². The summed E-state index contributed by atoms with van der Waals surface area (Å²) in [6, 6.07) is 1.16. The molecule has 134 valence electrons. The van der Waals surface area contributed by atoms with Crippen molar-refractivity contribution in [3.8, 4) is 0 Å². The van der Waals surface area contributed by atoms with Gasteiger partial charge in [0.25, 0.3) is 0 Å². The summed E-state index contributed by atoms with van der Waals surface area (Å²) in [6.07, 6.45) is -0.738. The van der Waals surface area contributed by atoms with Gasteiger partial charge in [0.05, 0.1) is 0 Å². The molecular formula is C15H22F3N5S. The molecule has 0 saturated carbocycles. The van der Waals surface area contributed by atoms with Crippen LogP contribution in [0.2, 0.25) is 0 Å². The standard InChI is InChI=1S/C15H22F3N5S/c1-3-7-19-14(24)22-13-20-11(15(16,17)18)9-12(21-13)23-8-5-4-6-10(23)2/h9-10H,3-8H2,1-2H3,(H2,19,20,21,22,24)/t10-/m0/s1. The van der Waals surface area contributed by atoms with Crippen molar-refractivity contribution in [3.05, 3.63) is 11.8 Å². The fourth-order valence-corrected chi connectivity index (χ4v) is 2.80. The van der Waals surface area contributed by atoms with E-state index in [4.69, 9.17) is 12.2 Å². The minimum Gasteiger partial charge on any atom is -0.362 e. The molecule has 1 atom stereocenters. The number of thiocarbonyl (C=S) groups is 1. The molecule has 24 heavy (non-hydrogen) atoms. The molecule has 5 nitrogen and oxygen atoms in total. The third-order valence-electron chi connectivity index (χ3n) is 3.86. The molecule has 2 N–H and O–H groups in total. The average Bonchev–Trinajstić information content (AvgIpc) is 2.52. The Balaban J connectivity index is 2.29. The fourth-order valence-electron chi connectivity index (χ4n) is 2.61. The van der Waals surface area contributed by atoms with Crippen molar-refractivity contribution in [1.29, 1.82) is 0 Å². The van der Waals surface area contributed by atoms with E-state index in [1.54, 1.807) is 0 Å². The molecule has 0 bridgehead atoms. The second kappa shape index (κ2) is 7.96. The first-order valence-corrected chi connectivity index (χ1v) is 8.50. The van der Waals surface area contributed by atoms with Crippen molar-refractivity contribution >= 4 is 29.1 Å². The van der Waals surface area contributed by atoms with E-state index in [1.807, 2.05) is 18.7 Å². The van der Waals surface area contributed by atoms with E-state index >= 15 is 0 Å². The summed E-state index contributed by atoms with van der Waals surface area (Å²) < 4.78 is 39.5. The number of hydrogen-bond acceptors (Lipinski definition) is 4. The molecule has 1 fully saturated rings. The van der Waals surface area contributed by atoms with Gasteiger partial charge in [0.15, 0.2) is 10.8 Å². The molecule has 0 radical (unpaired) electrons. The second-order valence-corrected chi connectivity index (χ2v) is 6.26. The van der Waals surface area contributed by atoms with Gasteiger partial charge in [-0.15, -0.1) is 0 Å². The van der Waals surface area contributed by atoms with Crippen LogP contribution in [0.3, 0.4) is 0 Å². The minimum absolute atomic E-state index is 0.133. The Morgan fingerprint density at radius 2 is 2.12 bits per heavy atom. The van der Waals surface area contributed by atoms with Crippen LogP contribution in [0.5, 0.6) is 0 Å². The number of nitrogens with one attached hydrogen (secondary N) is 2. The SMILES string of the molecule is CCCNC(=S)Nc1nc(N2CCCC[C@@H]2C)cc(C(F)(F)F)n1. The highest BCUT2D eigenvalue weighted by atomic mass is 32.1. The van der Waals surface area contributed by atoms with E-state index in [-0.39, 0.29) is 22.9 Å². The number of rotatable bonds is 4. The summed E-state index contributed by atoms with van der Waals surface area (Å²) in [5, 5.41) is 5.76. The molecule has 1 aliphatic rings. The number of halogens is 3. The van der Waals surface area contributed by atoms with Gasteiger partial charge < -0.3 is 15.5 Å². The van der Waals surface area contributed by atoms with Crippen LogP contribution in [0, 0.1) is 0 Å². The highest BCUT2D eigenvalue weighted by Crippen LogP contribution is 2.32. The predicted octanol–water partition coefficient (Wildman–Crippen LogP) is 3.57. The van der Waals surface area contributed by atoms with Crippen molar-refractivity contribution in [2.24, 2.45) is 0 Å². The smallest absolute Gasteiger partial charge is 0.362 e. The molecule has 1 aliphatic heterocycles. The van der Waals surface area contributed by atoms with Crippen molar-refractivity contribution < 1.29 is 13.2 Å². The summed E-state index contributed by atoms with van der Waals surface area (Å²) in [5.74, 6) is 0.150. The van der Waals surface area contributed by atoms with E-state index in [0.29, 0.717) is 13.1 Å². The summed E-state index contributed by atoms with van der Waals surface area (Å²) in [6.45, 7) is 5.27. The van der Waals surface area contributed by atoms with Gasteiger partial charge in [0.2, 0.25) is 5.95 Å². The molecule has 0 amide bonds. The van der Waals surface area contributed by atoms with Crippen LogP contribution in [-0.2, 0) is 6.18 Å². The third-order valence-corrected chi connectivity index (χ3v) is 4.11. The van der Waals surface area contributed by atoms with Gasteiger partial charge in [-0.05, 0) is 44.8 Å². The molecule has 1 saturated heterocycles. The zero-order chi connectivity index (χ0) is 17.7. The monoisotopic (exact) mass is 361 g/mol. The maximum Gasteiger partial charge on any atom is 0.433 e. The Hall–Kier alpha value is -1.64. The van der Waals surface area contributed by atoms with Crippen molar-refractivity contribution in [2.45, 2.75) is 51.7 Å². The summed E-state index contributed by atoms with van der Waals surface area (Å²) in [7, 11) is 0.